The first-order valence-corrected chi connectivity index (χ1v) is 15.4. The lowest BCUT2D eigenvalue weighted by molar-refractivity contribution is -0.384. The molecule has 0 saturated carbocycles. The number of hydrogen-bond donors (Lipinski definition) is 4. The Morgan fingerprint density at radius 1 is 0.679 bits per heavy atom. The van der Waals surface area contributed by atoms with E-state index in [1.54, 1.807) is 19.2 Å². The predicted molar refractivity (Wildman–Crippen MR) is 188 cm³/mol. The van der Waals surface area contributed by atoms with E-state index in [0.29, 0.717) is 11.1 Å². The van der Waals surface area contributed by atoms with Gasteiger partial charge in [0.1, 0.15) is 5.75 Å². The van der Waals surface area contributed by atoms with Crippen LogP contribution in [-0.4, -0.2) is 70.4 Å². The number of benzene rings is 4. The summed E-state index contributed by atoms with van der Waals surface area (Å²) >= 11 is 0. The van der Waals surface area contributed by atoms with E-state index in [4.69, 9.17) is 25.2 Å². The van der Waals surface area contributed by atoms with Crippen LogP contribution in [0.15, 0.2) is 91.0 Å². The lowest BCUT2D eigenvalue weighted by Crippen LogP contribution is -2.08. The van der Waals surface area contributed by atoms with E-state index in [9.17, 15) is 42.5 Å². The Labute approximate surface area is 302 Å². The number of rotatable bonds is 11. The van der Waals surface area contributed by atoms with Crippen LogP contribution in [0.3, 0.4) is 0 Å². The fraction of sp³-hybridized carbons (Fsp3) is 0.243. The molecule has 0 atom stereocenters. The number of anilines is 1. The highest BCUT2D eigenvalue weighted by Crippen LogP contribution is 2.29. The Balaban J connectivity index is 0.000000354. The molecule has 0 unspecified atom stereocenters. The monoisotopic (exact) mass is 744 g/mol. The molecule has 16 heteroatoms. The lowest BCUT2D eigenvalue weighted by Gasteiger charge is -2.12. The van der Waals surface area contributed by atoms with Gasteiger partial charge in [0.15, 0.2) is 0 Å². The van der Waals surface area contributed by atoms with Crippen molar-refractivity contribution in [2.24, 2.45) is 0 Å². The molecule has 0 radical (unpaired) electrons. The molecule has 0 aliphatic rings. The van der Waals surface area contributed by atoms with Gasteiger partial charge in [-0.15, -0.1) is 0 Å². The normalized spacial score (nSPS) is 10.1. The first-order chi connectivity index (χ1) is 24.7. The molecule has 0 bridgehead atoms. The summed E-state index contributed by atoms with van der Waals surface area (Å²) in [5, 5.41) is 44.1. The second-order valence-corrected chi connectivity index (χ2v) is 11.3. The van der Waals surface area contributed by atoms with E-state index in [-0.39, 0.29) is 31.4 Å². The molecule has 53 heavy (non-hydrogen) atoms. The Morgan fingerprint density at radius 3 is 1.40 bits per heavy atom. The summed E-state index contributed by atoms with van der Waals surface area (Å²) in [6, 6.07) is 22.4. The average Bonchev–Trinajstić information content (AvgIpc) is 3.06. The Kier molecular flexibility index (Phi) is 18.2. The number of methoxy groups -OCH3 is 1. The quantitative estimate of drug-likeness (QED) is 0.0952. The van der Waals surface area contributed by atoms with Crippen LogP contribution in [0, 0.1) is 17.0 Å². The summed E-state index contributed by atoms with van der Waals surface area (Å²) in [5.74, 6) is -2.86. The standard InChI is InChI=1S/C10H13NO2.C10H12O3.C9H7F3O2.C8H7NO4/c1-11(2)9-5-3-8(4-6-9)7-10(12)13;1-7-5-9(13-2)4-3-8(7)6-10(11)12;10-9(11,12)7-3-1-6(2-4-7)5-8(13)14;10-8(11)5-6-1-3-7(4-2-6)9(12)13/h3-6H,7H2,1-2H3,(H,12,13);3-5H,6H2,1-2H3,(H,11,12);1-4H,5H2,(H,13,14);1-4H,5H2,(H,10,11). The summed E-state index contributed by atoms with van der Waals surface area (Å²) in [4.78, 5) is 53.0. The number of carboxylic acid groups (broad SMARTS) is 4. The van der Waals surface area contributed by atoms with Gasteiger partial charge in [-0.1, -0.05) is 42.5 Å². The molecule has 4 N–H and O–H groups in total. The number of nitro benzene ring substituents is 1. The summed E-state index contributed by atoms with van der Waals surface area (Å²) in [6.07, 6.45) is -4.60. The number of nitrogens with zero attached hydrogens (tertiary/aromatic N) is 2. The van der Waals surface area contributed by atoms with E-state index in [2.05, 4.69) is 0 Å². The molecule has 4 rings (SSSR count). The van der Waals surface area contributed by atoms with E-state index < -0.39 is 40.5 Å². The van der Waals surface area contributed by atoms with Crippen molar-refractivity contribution in [3.8, 4) is 5.75 Å². The summed E-state index contributed by atoms with van der Waals surface area (Å²) in [7, 11) is 5.49. The average molecular weight is 745 g/mol. The van der Waals surface area contributed by atoms with Gasteiger partial charge in [-0.2, -0.15) is 13.2 Å². The maximum atomic E-state index is 12.1. The number of aliphatic carboxylic acids is 4. The van der Waals surface area contributed by atoms with Crippen molar-refractivity contribution in [3.63, 3.8) is 0 Å². The Hall–Kier alpha value is -6.45. The first kappa shape index (κ1) is 44.6. The minimum atomic E-state index is -4.37. The topological polar surface area (TPSA) is 205 Å². The SMILES string of the molecule is CN(C)c1ccc(CC(=O)O)cc1.COc1ccc(CC(=O)O)c(C)c1.O=C(O)Cc1ccc(C(F)(F)F)cc1.O=C(O)Cc1ccc([N+](=O)[O-])cc1. The number of nitro groups is 1. The van der Waals surface area contributed by atoms with Crippen molar-refractivity contribution in [2.75, 3.05) is 26.1 Å². The van der Waals surface area contributed by atoms with Crippen LogP contribution >= 0.6 is 0 Å². The zero-order valence-electron chi connectivity index (χ0n) is 29.2. The van der Waals surface area contributed by atoms with E-state index in [1.807, 2.05) is 56.3 Å². The van der Waals surface area contributed by atoms with Gasteiger partial charge in [-0.3, -0.25) is 29.3 Å². The zero-order valence-corrected chi connectivity index (χ0v) is 29.2. The van der Waals surface area contributed by atoms with Crippen LogP contribution in [0.2, 0.25) is 0 Å². The fourth-order valence-electron chi connectivity index (χ4n) is 4.14. The van der Waals surface area contributed by atoms with Crippen molar-refractivity contribution in [1.29, 1.82) is 0 Å². The molecule has 0 fully saturated rings. The van der Waals surface area contributed by atoms with Crippen LogP contribution < -0.4 is 9.64 Å². The zero-order chi connectivity index (χ0) is 40.3. The highest BCUT2D eigenvalue weighted by Gasteiger charge is 2.29. The fourth-order valence-corrected chi connectivity index (χ4v) is 4.14. The minimum Gasteiger partial charge on any atom is -0.497 e. The van der Waals surface area contributed by atoms with Crippen LogP contribution in [0.25, 0.3) is 0 Å². The van der Waals surface area contributed by atoms with Gasteiger partial charge < -0.3 is 30.1 Å². The predicted octanol–water partition coefficient (Wildman–Crippen LogP) is 6.56. The van der Waals surface area contributed by atoms with Crippen LogP contribution in [0.4, 0.5) is 24.5 Å². The van der Waals surface area contributed by atoms with Crippen molar-refractivity contribution >= 4 is 35.3 Å². The van der Waals surface area contributed by atoms with Gasteiger partial charge in [-0.25, -0.2) is 0 Å². The molecule has 0 saturated heterocycles. The molecule has 4 aromatic rings. The number of ether oxygens (including phenoxy) is 1. The van der Waals surface area contributed by atoms with E-state index >= 15 is 0 Å². The number of carboxylic acids is 4. The second kappa shape index (κ2) is 21.7. The molecule has 0 aliphatic carbocycles. The van der Waals surface area contributed by atoms with E-state index in [0.717, 1.165) is 52.4 Å². The highest BCUT2D eigenvalue weighted by atomic mass is 19.4. The van der Waals surface area contributed by atoms with Crippen LogP contribution in [0.5, 0.6) is 5.75 Å². The third-order valence-electron chi connectivity index (χ3n) is 6.84. The number of non-ortho nitro benzene ring substituents is 1. The molecule has 284 valence electrons. The molecule has 0 heterocycles. The molecule has 4 aromatic carbocycles. The van der Waals surface area contributed by atoms with Crippen LogP contribution in [-0.2, 0) is 51.0 Å². The smallest absolute Gasteiger partial charge is 0.416 e. The third-order valence-corrected chi connectivity index (χ3v) is 6.84. The maximum Gasteiger partial charge on any atom is 0.416 e. The second-order valence-electron chi connectivity index (χ2n) is 11.3. The summed E-state index contributed by atoms with van der Waals surface area (Å²) in [6.45, 7) is 1.88. The van der Waals surface area contributed by atoms with E-state index in [1.165, 1.54) is 24.3 Å². The molecule has 0 aliphatic heterocycles. The molecular weight excluding hydrogens is 705 g/mol. The molecule has 0 spiro atoms. The molecule has 0 aromatic heterocycles. The number of halogens is 3. The van der Waals surface area contributed by atoms with Gasteiger partial charge in [-0.05, 0) is 71.1 Å². The van der Waals surface area contributed by atoms with Crippen LogP contribution in [0.1, 0.15) is 33.4 Å². The summed E-state index contributed by atoms with van der Waals surface area (Å²) in [5.41, 5.74) is 3.78. The van der Waals surface area contributed by atoms with Gasteiger partial charge in [0.25, 0.3) is 5.69 Å². The largest absolute Gasteiger partial charge is 0.497 e. The third kappa shape index (κ3) is 18.4. The number of alkyl halides is 3. The number of carbonyl (C=O) groups is 4. The summed E-state index contributed by atoms with van der Waals surface area (Å²) < 4.78 is 41.2. The highest BCUT2D eigenvalue weighted by molar-refractivity contribution is 5.72. The van der Waals surface area contributed by atoms with Crippen molar-refractivity contribution in [1.82, 2.24) is 0 Å². The molecule has 13 nitrogen and oxygen atoms in total. The van der Waals surface area contributed by atoms with Crippen molar-refractivity contribution in [2.45, 2.75) is 38.8 Å². The Morgan fingerprint density at radius 2 is 1.08 bits per heavy atom. The molecule has 0 amide bonds. The molecular formula is C37H39F3N2O11. The van der Waals surface area contributed by atoms with Crippen molar-refractivity contribution < 1.29 is 62.4 Å². The van der Waals surface area contributed by atoms with Gasteiger partial charge in [0.2, 0.25) is 0 Å². The first-order valence-electron chi connectivity index (χ1n) is 15.4. The maximum absolute atomic E-state index is 12.1. The Bertz CT molecular complexity index is 1810. The van der Waals surface area contributed by atoms with Gasteiger partial charge >= 0.3 is 30.1 Å². The lowest BCUT2D eigenvalue weighted by atomic mass is 10.1. The van der Waals surface area contributed by atoms with Gasteiger partial charge in [0.05, 0.1) is 43.3 Å². The van der Waals surface area contributed by atoms with Gasteiger partial charge in [0, 0.05) is 31.9 Å². The minimum absolute atomic E-state index is 0.0332. The van der Waals surface area contributed by atoms with Crippen molar-refractivity contribution in [3.05, 3.63) is 134 Å². The number of hydrogen-bond acceptors (Lipinski definition) is 8. The number of aryl methyl sites for hydroxylation is 1.